The Morgan fingerprint density at radius 3 is 2.82 bits per heavy atom. The Kier molecular flexibility index (Phi) is 6.62. The van der Waals surface area contributed by atoms with Gasteiger partial charge < -0.3 is 20.1 Å². The number of aliphatic hydroxyl groups is 1. The minimum Gasteiger partial charge on any atom is -0.493 e. The molecule has 3 N–H and O–H groups in total. The van der Waals surface area contributed by atoms with Gasteiger partial charge in [-0.2, -0.15) is 0 Å². The molecule has 2 aromatic heterocycles. The molecule has 0 aliphatic carbocycles. The van der Waals surface area contributed by atoms with Crippen LogP contribution in [0.5, 0.6) is 5.75 Å². The van der Waals surface area contributed by atoms with Gasteiger partial charge in [-0.15, -0.1) is 0 Å². The van der Waals surface area contributed by atoms with Gasteiger partial charge in [-0.1, -0.05) is 23.7 Å². The number of aromatic amines is 1. The smallest absolute Gasteiger partial charge is 0.269 e. The topological polar surface area (TPSA) is 100 Å². The van der Waals surface area contributed by atoms with Gasteiger partial charge in [0, 0.05) is 18.2 Å². The number of imidazole rings is 1. The van der Waals surface area contributed by atoms with E-state index in [1.54, 1.807) is 19.2 Å². The Balaban J connectivity index is 1.57. The van der Waals surface area contributed by atoms with E-state index in [-0.39, 0.29) is 5.91 Å². The second-order valence-corrected chi connectivity index (χ2v) is 6.71. The fourth-order valence-corrected chi connectivity index (χ4v) is 2.79. The number of benzene rings is 1. The molecule has 0 unspecified atom stereocenters. The summed E-state index contributed by atoms with van der Waals surface area (Å²) in [5.41, 5.74) is 2.24. The van der Waals surface area contributed by atoms with Crippen molar-refractivity contribution in [1.29, 1.82) is 0 Å². The van der Waals surface area contributed by atoms with Crippen LogP contribution in [0.3, 0.4) is 0 Å². The number of carbonyl (C=O) groups excluding carboxylic acids is 1. The van der Waals surface area contributed by atoms with E-state index < -0.39 is 12.1 Å². The summed E-state index contributed by atoms with van der Waals surface area (Å²) in [6, 6.07) is 10.8. The predicted octanol–water partition coefficient (Wildman–Crippen LogP) is 3.07. The number of nitrogens with one attached hydrogen (secondary N) is 2. The summed E-state index contributed by atoms with van der Waals surface area (Å²) in [5.74, 6) is 0.373. The Hall–Kier alpha value is -2.90. The highest BCUT2D eigenvalue weighted by atomic mass is 35.5. The summed E-state index contributed by atoms with van der Waals surface area (Å²) in [7, 11) is 0. The first kappa shape index (κ1) is 19.9. The first-order valence-corrected chi connectivity index (χ1v) is 9.23. The van der Waals surface area contributed by atoms with Crippen LogP contribution in [0.4, 0.5) is 0 Å². The molecule has 0 bridgehead atoms. The lowest BCUT2D eigenvalue weighted by atomic mass is 10.1. The largest absolute Gasteiger partial charge is 0.493 e. The van der Waals surface area contributed by atoms with E-state index in [1.165, 1.54) is 12.5 Å². The van der Waals surface area contributed by atoms with Crippen LogP contribution < -0.4 is 10.1 Å². The average molecular weight is 401 g/mol. The molecule has 3 rings (SSSR count). The van der Waals surface area contributed by atoms with E-state index in [4.69, 9.17) is 16.3 Å². The van der Waals surface area contributed by atoms with E-state index in [0.717, 1.165) is 11.1 Å². The number of amides is 1. The molecule has 8 heteroatoms. The number of nitrogens with zero attached hydrogens (tertiary/aromatic N) is 2. The maximum Gasteiger partial charge on any atom is 0.269 e. The molecule has 3 aromatic rings. The van der Waals surface area contributed by atoms with Crippen LogP contribution in [0, 0.1) is 0 Å². The van der Waals surface area contributed by atoms with Crippen molar-refractivity contribution < 1.29 is 14.6 Å². The van der Waals surface area contributed by atoms with Crippen molar-refractivity contribution in [3.05, 3.63) is 66.0 Å². The molecule has 0 aliphatic rings. The van der Waals surface area contributed by atoms with Crippen molar-refractivity contribution in [3.8, 4) is 16.9 Å². The second-order valence-electron chi connectivity index (χ2n) is 6.32. The van der Waals surface area contributed by atoms with Gasteiger partial charge in [0.2, 0.25) is 0 Å². The van der Waals surface area contributed by atoms with E-state index in [0.29, 0.717) is 29.6 Å². The summed E-state index contributed by atoms with van der Waals surface area (Å²) >= 11 is 5.83. The highest BCUT2D eigenvalue weighted by Crippen LogP contribution is 2.24. The second kappa shape index (κ2) is 9.34. The van der Waals surface area contributed by atoms with Gasteiger partial charge in [0.05, 0.1) is 31.3 Å². The van der Waals surface area contributed by atoms with Crippen LogP contribution in [-0.4, -0.2) is 44.7 Å². The molecular weight excluding hydrogens is 380 g/mol. The number of ether oxygens (including phenoxy) is 1. The molecule has 0 saturated carbocycles. The van der Waals surface area contributed by atoms with Crippen molar-refractivity contribution in [2.45, 2.75) is 25.5 Å². The lowest BCUT2D eigenvalue weighted by Crippen LogP contribution is -2.43. The quantitative estimate of drug-likeness (QED) is 0.504. The molecular formula is C20H21ClN4O3. The first-order chi connectivity index (χ1) is 13.5. The van der Waals surface area contributed by atoms with Crippen molar-refractivity contribution in [2.24, 2.45) is 0 Å². The summed E-state index contributed by atoms with van der Waals surface area (Å²) in [6.07, 6.45) is 4.29. The Morgan fingerprint density at radius 2 is 2.14 bits per heavy atom. The zero-order valence-corrected chi connectivity index (χ0v) is 16.1. The third kappa shape index (κ3) is 5.31. The molecule has 0 radical (unpaired) electrons. The van der Waals surface area contributed by atoms with Crippen molar-refractivity contribution in [3.63, 3.8) is 0 Å². The molecule has 0 fully saturated rings. The Morgan fingerprint density at radius 1 is 1.29 bits per heavy atom. The minimum atomic E-state index is -0.720. The van der Waals surface area contributed by atoms with Gasteiger partial charge in [0.1, 0.15) is 16.6 Å². The molecule has 1 amide bonds. The first-order valence-electron chi connectivity index (χ1n) is 8.85. The van der Waals surface area contributed by atoms with Crippen molar-refractivity contribution >= 4 is 17.5 Å². The van der Waals surface area contributed by atoms with Crippen molar-refractivity contribution in [2.75, 3.05) is 6.61 Å². The van der Waals surface area contributed by atoms with Crippen LogP contribution in [0.2, 0.25) is 5.15 Å². The van der Waals surface area contributed by atoms with E-state index in [2.05, 4.69) is 20.3 Å². The summed E-state index contributed by atoms with van der Waals surface area (Å²) in [6.45, 7) is 1.97. The number of halogens is 1. The highest BCUT2D eigenvalue weighted by Gasteiger charge is 2.19. The van der Waals surface area contributed by atoms with Gasteiger partial charge in [0.15, 0.2) is 0 Å². The number of pyridine rings is 1. The number of hydrogen-bond acceptors (Lipinski definition) is 5. The van der Waals surface area contributed by atoms with Crippen LogP contribution in [0.15, 0.2) is 55.1 Å². The minimum absolute atomic E-state index is 0.319. The van der Waals surface area contributed by atoms with E-state index in [1.807, 2.05) is 30.3 Å². The molecule has 0 aliphatic heterocycles. The van der Waals surface area contributed by atoms with Gasteiger partial charge in [-0.3, -0.25) is 4.79 Å². The number of aliphatic hydroxyl groups excluding tert-OH is 1. The third-order valence-corrected chi connectivity index (χ3v) is 4.46. The summed E-state index contributed by atoms with van der Waals surface area (Å²) in [4.78, 5) is 22.8. The average Bonchev–Trinajstić information content (AvgIpc) is 3.23. The normalized spacial score (nSPS) is 13.0. The maximum absolute atomic E-state index is 12.1. The van der Waals surface area contributed by atoms with Gasteiger partial charge in [0.25, 0.3) is 5.91 Å². The summed E-state index contributed by atoms with van der Waals surface area (Å²) < 4.78 is 5.82. The lowest BCUT2D eigenvalue weighted by Gasteiger charge is -2.21. The molecule has 0 spiro atoms. The third-order valence-electron chi connectivity index (χ3n) is 4.23. The van der Waals surface area contributed by atoms with Crippen LogP contribution in [-0.2, 0) is 0 Å². The van der Waals surface area contributed by atoms with E-state index >= 15 is 0 Å². The van der Waals surface area contributed by atoms with Crippen LogP contribution >= 0.6 is 11.6 Å². The zero-order chi connectivity index (χ0) is 19.9. The fraction of sp³-hybridized carbons (Fsp3) is 0.250. The fourth-order valence-electron chi connectivity index (χ4n) is 2.68. The predicted molar refractivity (Wildman–Crippen MR) is 106 cm³/mol. The SMILES string of the molecule is C[C@H](O)[C@@H](CCOc1cccc(-c2ccc(Cl)nc2)c1)NC(=O)c1cnc[nH]1. The molecule has 0 saturated heterocycles. The number of rotatable bonds is 8. The zero-order valence-electron chi connectivity index (χ0n) is 15.3. The Bertz CT molecular complexity index is 898. The number of hydrogen-bond donors (Lipinski definition) is 3. The standard InChI is InChI=1S/C20H21ClN4O3/c1-13(26)17(25-20(27)18-11-22-12-24-18)7-8-28-16-4-2-3-14(9-16)15-5-6-19(21)23-10-15/h2-6,9-13,17,26H,7-8H2,1H3,(H,22,24)(H,25,27)/t13-,17+/m0/s1. The van der Waals surface area contributed by atoms with Gasteiger partial charge in [-0.05, 0) is 36.8 Å². The molecule has 2 heterocycles. The molecule has 7 nitrogen and oxygen atoms in total. The number of H-pyrrole nitrogens is 1. The number of carbonyl (C=O) groups is 1. The summed E-state index contributed by atoms with van der Waals surface area (Å²) in [5, 5.41) is 13.2. The molecule has 146 valence electrons. The van der Waals surface area contributed by atoms with E-state index in [9.17, 15) is 9.90 Å². The maximum atomic E-state index is 12.1. The Labute approximate surface area is 167 Å². The highest BCUT2D eigenvalue weighted by molar-refractivity contribution is 6.29. The lowest BCUT2D eigenvalue weighted by molar-refractivity contribution is 0.0827. The molecule has 2 atom stereocenters. The van der Waals surface area contributed by atoms with Crippen molar-refractivity contribution in [1.82, 2.24) is 20.3 Å². The number of aromatic nitrogens is 3. The molecule has 1 aromatic carbocycles. The van der Waals surface area contributed by atoms with Crippen LogP contribution in [0.1, 0.15) is 23.8 Å². The molecule has 28 heavy (non-hydrogen) atoms. The van der Waals surface area contributed by atoms with Gasteiger partial charge >= 0.3 is 0 Å². The van der Waals surface area contributed by atoms with Gasteiger partial charge in [-0.25, -0.2) is 9.97 Å². The monoisotopic (exact) mass is 400 g/mol. The van der Waals surface area contributed by atoms with Crippen LogP contribution in [0.25, 0.3) is 11.1 Å².